The zero-order chi connectivity index (χ0) is 19.9. The van der Waals surface area contributed by atoms with Gasteiger partial charge < -0.3 is 10.1 Å². The van der Waals surface area contributed by atoms with Crippen molar-refractivity contribution in [2.75, 3.05) is 12.4 Å². The van der Waals surface area contributed by atoms with Crippen molar-refractivity contribution in [1.29, 1.82) is 5.41 Å². The second-order valence-corrected chi connectivity index (χ2v) is 6.25. The van der Waals surface area contributed by atoms with E-state index >= 15 is 0 Å². The first-order chi connectivity index (χ1) is 13.6. The number of carbonyl (C=O) groups excluding carboxylic acids is 1. The molecule has 0 aliphatic heterocycles. The quantitative estimate of drug-likeness (QED) is 0.423. The van der Waals surface area contributed by atoms with E-state index in [0.29, 0.717) is 11.4 Å². The van der Waals surface area contributed by atoms with Crippen LogP contribution >= 0.6 is 0 Å². The van der Waals surface area contributed by atoms with Crippen molar-refractivity contribution < 1.29 is 9.53 Å². The lowest BCUT2D eigenvalue weighted by Crippen LogP contribution is -2.33. The number of nitrogens with one attached hydrogen (secondary N) is 3. The third-order valence-electron chi connectivity index (χ3n) is 4.45. The molecule has 3 aromatic rings. The van der Waals surface area contributed by atoms with Crippen molar-refractivity contribution >= 4 is 18.1 Å². The number of amides is 2. The van der Waals surface area contributed by atoms with E-state index < -0.39 is 0 Å². The van der Waals surface area contributed by atoms with Gasteiger partial charge in [0.25, 0.3) is 0 Å². The average molecular weight is 377 g/mol. The number of carbonyl (C=O) groups is 1. The molecule has 0 saturated heterocycles. The summed E-state index contributed by atoms with van der Waals surface area (Å²) in [5.41, 5.74) is 4.76. The maximum Gasteiger partial charge on any atom is 0.327 e. The summed E-state index contributed by atoms with van der Waals surface area (Å²) in [7, 11) is 1.60. The van der Waals surface area contributed by atoms with Crippen LogP contribution in [0, 0.1) is 5.41 Å². The van der Waals surface area contributed by atoms with Crippen molar-refractivity contribution in [2.24, 2.45) is 0 Å². The molecule has 3 rings (SSSR count). The number of methoxy groups -OCH3 is 1. The number of ether oxygens (including phenoxy) is 1. The van der Waals surface area contributed by atoms with Crippen LogP contribution in [0.1, 0.15) is 18.1 Å². The summed E-state index contributed by atoms with van der Waals surface area (Å²) in [5.74, 6) is 0.713. The van der Waals surface area contributed by atoms with Gasteiger partial charge in [-0.1, -0.05) is 25.1 Å². The fourth-order valence-electron chi connectivity index (χ4n) is 2.98. The summed E-state index contributed by atoms with van der Waals surface area (Å²) >= 11 is 0. The zero-order valence-corrected chi connectivity index (χ0v) is 15.9. The SMILES string of the molecule is CCc1cc(NC(=O)N(C=N)Cc2cccc(OC)c2)ccc1-c1cn[nH]c1. The molecule has 0 radical (unpaired) electrons. The molecular weight excluding hydrogens is 354 g/mol. The smallest absolute Gasteiger partial charge is 0.327 e. The van der Waals surface area contributed by atoms with Crippen molar-refractivity contribution in [2.45, 2.75) is 19.9 Å². The molecule has 144 valence electrons. The molecule has 0 fully saturated rings. The van der Waals surface area contributed by atoms with E-state index in [1.54, 1.807) is 13.3 Å². The number of aromatic amines is 1. The van der Waals surface area contributed by atoms with Gasteiger partial charge in [-0.15, -0.1) is 0 Å². The van der Waals surface area contributed by atoms with Crippen LogP contribution in [0.2, 0.25) is 0 Å². The van der Waals surface area contributed by atoms with Gasteiger partial charge in [-0.05, 0) is 47.4 Å². The molecule has 7 heteroatoms. The number of nitrogens with zero attached hydrogens (tertiary/aromatic N) is 2. The first-order valence-corrected chi connectivity index (χ1v) is 8.97. The van der Waals surface area contributed by atoms with Crippen LogP contribution in [0.15, 0.2) is 54.9 Å². The third-order valence-corrected chi connectivity index (χ3v) is 4.45. The Labute approximate surface area is 163 Å². The van der Waals surface area contributed by atoms with Gasteiger partial charge in [0, 0.05) is 17.4 Å². The van der Waals surface area contributed by atoms with Crippen LogP contribution in [0.3, 0.4) is 0 Å². The second-order valence-electron chi connectivity index (χ2n) is 6.25. The molecule has 0 aliphatic carbocycles. The van der Waals surface area contributed by atoms with Crippen LogP contribution in [0.4, 0.5) is 10.5 Å². The van der Waals surface area contributed by atoms with Gasteiger partial charge in [-0.3, -0.25) is 15.4 Å². The highest BCUT2D eigenvalue weighted by molar-refractivity contribution is 5.96. The van der Waals surface area contributed by atoms with Crippen LogP contribution in [0.25, 0.3) is 11.1 Å². The van der Waals surface area contributed by atoms with Gasteiger partial charge in [0.2, 0.25) is 0 Å². The third kappa shape index (κ3) is 4.37. The van der Waals surface area contributed by atoms with Gasteiger partial charge >= 0.3 is 6.03 Å². The molecule has 2 amide bonds. The van der Waals surface area contributed by atoms with Crippen molar-refractivity contribution in [3.63, 3.8) is 0 Å². The fraction of sp³-hybridized carbons (Fsp3) is 0.190. The van der Waals surface area contributed by atoms with Gasteiger partial charge in [0.15, 0.2) is 0 Å². The van der Waals surface area contributed by atoms with E-state index in [-0.39, 0.29) is 12.6 Å². The summed E-state index contributed by atoms with van der Waals surface area (Å²) in [6.45, 7) is 2.34. The molecular formula is C21H23N5O2. The van der Waals surface area contributed by atoms with Crippen LogP contribution < -0.4 is 10.1 Å². The van der Waals surface area contributed by atoms with Gasteiger partial charge in [0.1, 0.15) is 5.75 Å². The Morgan fingerprint density at radius 2 is 2.18 bits per heavy atom. The van der Waals surface area contributed by atoms with Crippen LogP contribution in [-0.2, 0) is 13.0 Å². The van der Waals surface area contributed by atoms with E-state index in [1.165, 1.54) is 4.90 Å². The van der Waals surface area contributed by atoms with Crippen LogP contribution in [-0.4, -0.2) is 34.6 Å². The first kappa shape index (κ1) is 19.2. The summed E-state index contributed by atoms with van der Waals surface area (Å²) in [6, 6.07) is 12.8. The zero-order valence-electron chi connectivity index (χ0n) is 15.9. The Morgan fingerprint density at radius 1 is 1.32 bits per heavy atom. The number of hydrogen-bond acceptors (Lipinski definition) is 4. The molecule has 2 aromatic carbocycles. The minimum atomic E-state index is -0.365. The Kier molecular flexibility index (Phi) is 6.06. The molecule has 1 heterocycles. The largest absolute Gasteiger partial charge is 0.497 e. The molecule has 0 bridgehead atoms. The number of anilines is 1. The van der Waals surface area contributed by atoms with E-state index in [2.05, 4.69) is 22.4 Å². The van der Waals surface area contributed by atoms with Crippen LogP contribution in [0.5, 0.6) is 5.75 Å². The van der Waals surface area contributed by atoms with E-state index in [1.807, 2.05) is 48.7 Å². The standard InChI is InChI=1S/C21H23N5O2/c1-3-16-10-18(7-8-20(16)17-11-23-24-12-17)25-21(27)26(14-22)13-15-5-4-6-19(9-15)28-2/h4-12,14,22H,3,13H2,1-2H3,(H,23,24)(H,25,27). The molecule has 0 atom stereocenters. The fourth-order valence-corrected chi connectivity index (χ4v) is 2.98. The molecule has 0 spiro atoms. The number of hydrogen-bond donors (Lipinski definition) is 3. The van der Waals surface area contributed by atoms with E-state index in [4.69, 9.17) is 10.1 Å². The number of H-pyrrole nitrogens is 1. The molecule has 0 aliphatic rings. The van der Waals surface area contributed by atoms with Crippen molar-refractivity contribution in [3.05, 3.63) is 66.0 Å². The minimum absolute atomic E-state index is 0.278. The number of rotatable bonds is 7. The summed E-state index contributed by atoms with van der Waals surface area (Å²) in [6.07, 6.45) is 5.47. The van der Waals surface area contributed by atoms with Gasteiger partial charge in [0.05, 0.1) is 26.2 Å². The molecule has 0 unspecified atom stereocenters. The van der Waals surface area contributed by atoms with E-state index in [9.17, 15) is 4.79 Å². The maximum absolute atomic E-state index is 12.6. The number of urea groups is 1. The Morgan fingerprint density at radius 3 is 2.86 bits per heavy atom. The van der Waals surface area contributed by atoms with Crippen molar-refractivity contribution in [3.8, 4) is 16.9 Å². The number of benzene rings is 2. The monoisotopic (exact) mass is 377 g/mol. The minimum Gasteiger partial charge on any atom is -0.497 e. The van der Waals surface area contributed by atoms with Gasteiger partial charge in [-0.2, -0.15) is 5.10 Å². The number of aromatic nitrogens is 2. The second kappa shape index (κ2) is 8.85. The highest BCUT2D eigenvalue weighted by atomic mass is 16.5. The molecule has 1 aromatic heterocycles. The maximum atomic E-state index is 12.6. The normalized spacial score (nSPS) is 10.4. The summed E-state index contributed by atoms with van der Waals surface area (Å²) in [4.78, 5) is 13.9. The predicted octanol–water partition coefficient (Wildman–Crippen LogP) is 4.29. The van der Waals surface area contributed by atoms with Gasteiger partial charge in [-0.25, -0.2) is 4.79 Å². The average Bonchev–Trinajstić information content (AvgIpc) is 3.26. The highest BCUT2D eigenvalue weighted by Crippen LogP contribution is 2.26. The first-order valence-electron chi connectivity index (χ1n) is 8.97. The highest BCUT2D eigenvalue weighted by Gasteiger charge is 2.14. The summed E-state index contributed by atoms with van der Waals surface area (Å²) < 4.78 is 5.21. The van der Waals surface area contributed by atoms with Crippen molar-refractivity contribution in [1.82, 2.24) is 15.1 Å². The molecule has 3 N–H and O–H groups in total. The topological polar surface area (TPSA) is 94.1 Å². The Bertz CT molecular complexity index is 953. The summed E-state index contributed by atoms with van der Waals surface area (Å²) in [5, 5.41) is 17.3. The molecule has 28 heavy (non-hydrogen) atoms. The lowest BCUT2D eigenvalue weighted by Gasteiger charge is -2.19. The Balaban J connectivity index is 1.74. The molecule has 7 nitrogen and oxygen atoms in total. The lowest BCUT2D eigenvalue weighted by atomic mass is 10.00. The van der Waals surface area contributed by atoms with E-state index in [0.717, 1.165) is 35.0 Å². The molecule has 0 saturated carbocycles. The number of aryl methyl sites for hydroxylation is 1. The Hall–Kier alpha value is -3.61. The lowest BCUT2D eigenvalue weighted by molar-refractivity contribution is 0.233. The predicted molar refractivity (Wildman–Crippen MR) is 110 cm³/mol.